The van der Waals surface area contributed by atoms with Gasteiger partial charge in [0.25, 0.3) is 0 Å². The SMILES string of the molecule is Cc1cc(S(=O)(=O)NCc2cccc(OC(C)C)c2)ccc1F. The average Bonchev–Trinajstić information content (AvgIpc) is 2.48. The van der Waals surface area contributed by atoms with E-state index in [4.69, 9.17) is 4.74 Å². The van der Waals surface area contributed by atoms with E-state index in [9.17, 15) is 12.8 Å². The van der Waals surface area contributed by atoms with E-state index in [0.29, 0.717) is 11.3 Å². The van der Waals surface area contributed by atoms with Gasteiger partial charge in [-0.2, -0.15) is 0 Å². The molecular weight excluding hydrogens is 317 g/mol. The van der Waals surface area contributed by atoms with Crippen molar-refractivity contribution in [2.75, 3.05) is 0 Å². The number of benzene rings is 2. The van der Waals surface area contributed by atoms with Gasteiger partial charge < -0.3 is 4.74 Å². The van der Waals surface area contributed by atoms with Crippen LogP contribution in [0.1, 0.15) is 25.0 Å². The van der Waals surface area contributed by atoms with Crippen LogP contribution in [0.3, 0.4) is 0 Å². The highest BCUT2D eigenvalue weighted by atomic mass is 32.2. The van der Waals surface area contributed by atoms with E-state index in [1.54, 1.807) is 6.07 Å². The summed E-state index contributed by atoms with van der Waals surface area (Å²) < 4.78 is 45.9. The first kappa shape index (κ1) is 17.4. The van der Waals surface area contributed by atoms with E-state index < -0.39 is 15.8 Å². The lowest BCUT2D eigenvalue weighted by Gasteiger charge is -2.12. The van der Waals surface area contributed by atoms with Gasteiger partial charge in [0.15, 0.2) is 0 Å². The molecule has 0 radical (unpaired) electrons. The van der Waals surface area contributed by atoms with Crippen LogP contribution in [0.2, 0.25) is 0 Å². The smallest absolute Gasteiger partial charge is 0.240 e. The van der Waals surface area contributed by atoms with E-state index in [2.05, 4.69) is 4.72 Å². The van der Waals surface area contributed by atoms with Crippen LogP contribution < -0.4 is 9.46 Å². The Labute approximate surface area is 136 Å². The van der Waals surface area contributed by atoms with Crippen molar-refractivity contribution in [3.05, 3.63) is 59.4 Å². The Bertz CT molecular complexity index is 788. The van der Waals surface area contributed by atoms with Gasteiger partial charge in [-0.25, -0.2) is 17.5 Å². The van der Waals surface area contributed by atoms with Gasteiger partial charge in [-0.3, -0.25) is 0 Å². The minimum absolute atomic E-state index is 0.0455. The number of sulfonamides is 1. The van der Waals surface area contributed by atoms with Crippen LogP contribution in [-0.2, 0) is 16.6 Å². The normalized spacial score (nSPS) is 11.7. The average molecular weight is 337 g/mol. The third kappa shape index (κ3) is 4.77. The molecule has 0 bridgehead atoms. The van der Waals surface area contributed by atoms with Gasteiger partial charge in [-0.15, -0.1) is 0 Å². The molecule has 0 atom stereocenters. The molecule has 2 aromatic rings. The van der Waals surface area contributed by atoms with Crippen LogP contribution >= 0.6 is 0 Å². The van der Waals surface area contributed by atoms with Gasteiger partial charge in [0, 0.05) is 6.54 Å². The van der Waals surface area contributed by atoms with Crippen LogP contribution in [0.5, 0.6) is 5.75 Å². The summed E-state index contributed by atoms with van der Waals surface area (Å²) in [6.45, 7) is 5.51. The van der Waals surface area contributed by atoms with Crippen LogP contribution in [0.15, 0.2) is 47.4 Å². The number of hydrogen-bond donors (Lipinski definition) is 1. The molecule has 0 unspecified atom stereocenters. The minimum Gasteiger partial charge on any atom is -0.491 e. The van der Waals surface area contributed by atoms with Crippen LogP contribution in [0, 0.1) is 12.7 Å². The van der Waals surface area contributed by atoms with Gasteiger partial charge in [-0.05, 0) is 62.2 Å². The van der Waals surface area contributed by atoms with Crippen molar-refractivity contribution < 1.29 is 17.5 Å². The first-order chi connectivity index (χ1) is 10.8. The van der Waals surface area contributed by atoms with Crippen LogP contribution in [0.4, 0.5) is 4.39 Å². The highest BCUT2D eigenvalue weighted by Gasteiger charge is 2.15. The fourth-order valence-corrected chi connectivity index (χ4v) is 3.15. The number of rotatable bonds is 6. The molecule has 0 fully saturated rings. The van der Waals surface area contributed by atoms with Crippen molar-refractivity contribution in [1.82, 2.24) is 4.72 Å². The maximum Gasteiger partial charge on any atom is 0.240 e. The molecule has 0 aromatic heterocycles. The monoisotopic (exact) mass is 337 g/mol. The predicted octanol–water partition coefficient (Wildman–Crippen LogP) is 3.40. The van der Waals surface area contributed by atoms with Crippen LogP contribution in [0.25, 0.3) is 0 Å². The molecule has 0 saturated carbocycles. The summed E-state index contributed by atoms with van der Waals surface area (Å²) >= 11 is 0. The standard InChI is InChI=1S/C17H20FNO3S/c1-12(2)22-15-6-4-5-14(10-15)11-19-23(20,21)16-7-8-17(18)13(3)9-16/h4-10,12,19H,11H2,1-3H3. The molecular formula is C17H20FNO3S. The molecule has 4 nitrogen and oxygen atoms in total. The third-order valence-electron chi connectivity index (χ3n) is 3.18. The lowest BCUT2D eigenvalue weighted by Crippen LogP contribution is -2.23. The maximum atomic E-state index is 13.3. The summed E-state index contributed by atoms with van der Waals surface area (Å²) in [5.74, 6) is 0.261. The zero-order valence-corrected chi connectivity index (χ0v) is 14.2. The Morgan fingerprint density at radius 1 is 1.17 bits per heavy atom. The van der Waals surface area contributed by atoms with Crippen molar-refractivity contribution >= 4 is 10.0 Å². The summed E-state index contributed by atoms with van der Waals surface area (Å²) in [7, 11) is -3.69. The largest absolute Gasteiger partial charge is 0.491 e. The number of hydrogen-bond acceptors (Lipinski definition) is 3. The van der Waals surface area contributed by atoms with Crippen molar-refractivity contribution in [3.63, 3.8) is 0 Å². The topological polar surface area (TPSA) is 55.4 Å². The van der Waals surface area contributed by atoms with E-state index in [-0.39, 0.29) is 17.5 Å². The molecule has 0 saturated heterocycles. The number of nitrogens with one attached hydrogen (secondary N) is 1. The Hall–Kier alpha value is -1.92. The number of aryl methyl sites for hydroxylation is 1. The van der Waals surface area contributed by atoms with Crippen molar-refractivity contribution in [3.8, 4) is 5.75 Å². The molecule has 23 heavy (non-hydrogen) atoms. The Morgan fingerprint density at radius 3 is 2.57 bits per heavy atom. The first-order valence-corrected chi connectivity index (χ1v) is 8.77. The van der Waals surface area contributed by atoms with Crippen molar-refractivity contribution in [1.29, 1.82) is 0 Å². The maximum absolute atomic E-state index is 13.3. The zero-order chi connectivity index (χ0) is 17.0. The van der Waals surface area contributed by atoms with Gasteiger partial charge in [0.1, 0.15) is 11.6 Å². The third-order valence-corrected chi connectivity index (χ3v) is 4.58. The predicted molar refractivity (Wildman–Crippen MR) is 87.4 cm³/mol. The highest BCUT2D eigenvalue weighted by molar-refractivity contribution is 7.89. The summed E-state index contributed by atoms with van der Waals surface area (Å²) in [6.07, 6.45) is 0.0455. The molecule has 2 rings (SSSR count). The quantitative estimate of drug-likeness (QED) is 0.879. The fourth-order valence-electron chi connectivity index (χ4n) is 2.05. The molecule has 0 aliphatic carbocycles. The first-order valence-electron chi connectivity index (χ1n) is 7.29. The second kappa shape index (κ2) is 7.10. The van der Waals surface area contributed by atoms with Gasteiger partial charge >= 0.3 is 0 Å². The lowest BCUT2D eigenvalue weighted by atomic mass is 10.2. The number of halogens is 1. The molecule has 0 aliphatic heterocycles. The van der Waals surface area contributed by atoms with Gasteiger partial charge in [-0.1, -0.05) is 12.1 Å². The molecule has 1 N–H and O–H groups in total. The summed E-state index contributed by atoms with van der Waals surface area (Å²) in [6, 6.07) is 11.0. The second-order valence-corrected chi connectivity index (χ2v) is 7.32. The second-order valence-electron chi connectivity index (χ2n) is 5.55. The lowest BCUT2D eigenvalue weighted by molar-refractivity contribution is 0.242. The van der Waals surface area contributed by atoms with Crippen LogP contribution in [-0.4, -0.2) is 14.5 Å². The van der Waals surface area contributed by atoms with E-state index >= 15 is 0 Å². The van der Waals surface area contributed by atoms with Crippen molar-refractivity contribution in [2.24, 2.45) is 0 Å². The molecule has 0 heterocycles. The van der Waals surface area contributed by atoms with E-state index in [0.717, 1.165) is 11.6 Å². The summed E-state index contributed by atoms with van der Waals surface area (Å²) in [5.41, 5.74) is 1.07. The Kier molecular flexibility index (Phi) is 5.38. The van der Waals surface area contributed by atoms with Gasteiger partial charge in [0.05, 0.1) is 11.0 Å². The summed E-state index contributed by atoms with van der Waals surface area (Å²) in [5, 5.41) is 0. The molecule has 0 amide bonds. The molecule has 124 valence electrons. The Morgan fingerprint density at radius 2 is 1.91 bits per heavy atom. The number of ether oxygens (including phenoxy) is 1. The molecule has 2 aromatic carbocycles. The summed E-state index contributed by atoms with van der Waals surface area (Å²) in [4.78, 5) is 0.0472. The van der Waals surface area contributed by atoms with Gasteiger partial charge in [0.2, 0.25) is 10.0 Å². The fraction of sp³-hybridized carbons (Fsp3) is 0.294. The molecule has 6 heteroatoms. The van der Waals surface area contributed by atoms with E-state index in [1.807, 2.05) is 32.0 Å². The zero-order valence-electron chi connectivity index (χ0n) is 13.3. The van der Waals surface area contributed by atoms with E-state index in [1.165, 1.54) is 19.1 Å². The Balaban J connectivity index is 2.11. The molecule has 0 aliphatic rings. The highest BCUT2D eigenvalue weighted by Crippen LogP contribution is 2.17. The minimum atomic E-state index is -3.69. The van der Waals surface area contributed by atoms with Crippen molar-refractivity contribution in [2.45, 2.75) is 38.3 Å². The molecule has 0 spiro atoms.